The van der Waals surface area contributed by atoms with E-state index in [1.165, 1.54) is 0 Å². The van der Waals surface area contributed by atoms with Gasteiger partial charge in [-0.2, -0.15) is 13.1 Å². The minimum atomic E-state index is -4.14. The number of benzene rings is 1. The van der Waals surface area contributed by atoms with Crippen molar-refractivity contribution in [3.63, 3.8) is 0 Å². The van der Waals surface area contributed by atoms with E-state index in [1.54, 1.807) is 30.3 Å². The first-order valence-corrected chi connectivity index (χ1v) is 7.53. The Hall–Kier alpha value is -0.370. The average Bonchev–Trinajstić information content (AvgIpc) is 2.34. The van der Waals surface area contributed by atoms with Gasteiger partial charge in [-0.15, -0.1) is 0 Å². The molecule has 0 spiro atoms. The summed E-state index contributed by atoms with van der Waals surface area (Å²) in [5.74, 6) is -0.401. The van der Waals surface area contributed by atoms with Crippen molar-refractivity contribution in [1.82, 2.24) is 4.72 Å². The third-order valence-electron chi connectivity index (χ3n) is 1.88. The monoisotopic (exact) mass is 345 g/mol. The van der Waals surface area contributed by atoms with E-state index in [-0.39, 0.29) is 0 Å². The zero-order chi connectivity index (χ0) is 14.5. The molecule has 0 radical (unpaired) electrons. The number of rotatable bonds is 6. The van der Waals surface area contributed by atoms with E-state index < -0.39 is 33.0 Å². The number of Topliss-reactive ketones (excluding diaryl/α,β-unsaturated/α-hetero) is 1. The van der Waals surface area contributed by atoms with Crippen LogP contribution in [0.2, 0.25) is 0 Å². The van der Waals surface area contributed by atoms with E-state index in [9.17, 15) is 13.2 Å². The number of carbonyl (C=O) groups excluding carboxylic acids is 1. The van der Waals surface area contributed by atoms with Gasteiger partial charge in [0.25, 0.3) is 0 Å². The molecule has 0 fully saturated rings. The predicted molar refractivity (Wildman–Crippen MR) is 73.9 cm³/mol. The van der Waals surface area contributed by atoms with Gasteiger partial charge in [-0.1, -0.05) is 65.1 Å². The lowest BCUT2D eigenvalue weighted by molar-refractivity contribution is 0.0995. The SMILES string of the molecule is O=C(CNS(=O)(=O)OCC(Cl)(Cl)Cl)c1ccccc1. The molecule has 0 aliphatic rings. The Labute approximate surface area is 126 Å². The summed E-state index contributed by atoms with van der Waals surface area (Å²) in [6, 6.07) is 8.21. The van der Waals surface area contributed by atoms with E-state index in [0.29, 0.717) is 5.56 Å². The maximum Gasteiger partial charge on any atom is 0.336 e. The maximum absolute atomic E-state index is 11.6. The number of hydrogen-bond donors (Lipinski definition) is 1. The fourth-order valence-corrected chi connectivity index (χ4v) is 2.15. The molecular weight excluding hydrogens is 337 g/mol. The second-order valence-electron chi connectivity index (χ2n) is 3.44. The standard InChI is InChI=1S/C10H10Cl3NO4S/c11-10(12,13)7-18-19(16,17)14-6-9(15)8-4-2-1-3-5-8/h1-5,14H,6-7H2. The van der Waals surface area contributed by atoms with E-state index in [1.807, 2.05) is 4.72 Å². The van der Waals surface area contributed by atoms with Crippen molar-refractivity contribution >= 4 is 50.9 Å². The molecule has 0 saturated carbocycles. The molecule has 1 aromatic carbocycles. The average molecular weight is 347 g/mol. The van der Waals surface area contributed by atoms with Crippen molar-refractivity contribution < 1.29 is 17.4 Å². The van der Waals surface area contributed by atoms with Gasteiger partial charge in [0.2, 0.25) is 3.79 Å². The van der Waals surface area contributed by atoms with Crippen LogP contribution in [0.1, 0.15) is 10.4 Å². The molecule has 0 aromatic heterocycles. The molecule has 5 nitrogen and oxygen atoms in total. The van der Waals surface area contributed by atoms with Crippen molar-refractivity contribution in [3.05, 3.63) is 35.9 Å². The molecule has 0 heterocycles. The summed E-state index contributed by atoms with van der Waals surface area (Å²) in [4.78, 5) is 11.6. The van der Waals surface area contributed by atoms with Gasteiger partial charge in [-0.3, -0.25) is 8.98 Å². The van der Waals surface area contributed by atoms with E-state index in [2.05, 4.69) is 4.18 Å². The molecular formula is C10H10Cl3NO4S. The van der Waals surface area contributed by atoms with Gasteiger partial charge in [-0.05, 0) is 0 Å². The third-order valence-corrected chi connectivity index (χ3v) is 3.14. The molecule has 106 valence electrons. The smallest absolute Gasteiger partial charge is 0.293 e. The molecule has 0 unspecified atom stereocenters. The number of hydrogen-bond acceptors (Lipinski definition) is 4. The Kier molecular flexibility index (Phi) is 6.04. The van der Waals surface area contributed by atoms with Gasteiger partial charge in [-0.25, -0.2) is 0 Å². The number of halogens is 3. The Bertz CT molecular complexity index is 527. The molecule has 1 aromatic rings. The van der Waals surface area contributed by atoms with Crippen LogP contribution in [0.15, 0.2) is 30.3 Å². The second kappa shape index (κ2) is 6.88. The van der Waals surface area contributed by atoms with E-state index in [0.717, 1.165) is 0 Å². The highest BCUT2D eigenvalue weighted by Crippen LogP contribution is 2.26. The lowest BCUT2D eigenvalue weighted by atomic mass is 10.1. The van der Waals surface area contributed by atoms with Crippen molar-refractivity contribution in [2.45, 2.75) is 3.79 Å². The highest BCUT2D eigenvalue weighted by Gasteiger charge is 2.24. The summed E-state index contributed by atoms with van der Waals surface area (Å²) in [7, 11) is -4.14. The molecule has 1 rings (SSSR count). The fourth-order valence-electron chi connectivity index (χ4n) is 1.07. The number of nitrogens with one attached hydrogen (secondary N) is 1. The molecule has 0 amide bonds. The summed E-state index contributed by atoms with van der Waals surface area (Å²) in [6.45, 7) is -1.08. The number of carbonyl (C=O) groups is 1. The van der Waals surface area contributed by atoms with Gasteiger partial charge >= 0.3 is 10.3 Å². The molecule has 0 aliphatic heterocycles. The number of alkyl halides is 3. The maximum atomic E-state index is 11.6. The minimum Gasteiger partial charge on any atom is -0.293 e. The van der Waals surface area contributed by atoms with Crippen LogP contribution in [0.4, 0.5) is 0 Å². The zero-order valence-corrected chi connectivity index (χ0v) is 12.6. The van der Waals surface area contributed by atoms with E-state index in [4.69, 9.17) is 34.8 Å². The molecule has 19 heavy (non-hydrogen) atoms. The minimum absolute atomic E-state index is 0.381. The lowest BCUT2D eigenvalue weighted by Gasteiger charge is -2.11. The Balaban J connectivity index is 2.50. The Morgan fingerprint density at radius 2 is 1.79 bits per heavy atom. The van der Waals surface area contributed by atoms with Gasteiger partial charge < -0.3 is 0 Å². The van der Waals surface area contributed by atoms with Crippen LogP contribution in [-0.2, 0) is 14.5 Å². The van der Waals surface area contributed by atoms with E-state index >= 15 is 0 Å². The van der Waals surface area contributed by atoms with Crippen molar-refractivity contribution in [2.75, 3.05) is 13.2 Å². The lowest BCUT2D eigenvalue weighted by Crippen LogP contribution is -2.33. The first-order chi connectivity index (χ1) is 8.70. The summed E-state index contributed by atoms with van der Waals surface area (Å²) in [5.41, 5.74) is 0.381. The van der Waals surface area contributed by atoms with Crippen molar-refractivity contribution in [3.8, 4) is 0 Å². The van der Waals surface area contributed by atoms with Gasteiger partial charge in [0.15, 0.2) is 5.78 Å². The molecule has 0 aliphatic carbocycles. The topological polar surface area (TPSA) is 72.5 Å². The highest BCUT2D eigenvalue weighted by molar-refractivity contribution is 7.84. The highest BCUT2D eigenvalue weighted by atomic mass is 35.6. The van der Waals surface area contributed by atoms with Crippen molar-refractivity contribution in [1.29, 1.82) is 0 Å². The Morgan fingerprint density at radius 1 is 1.21 bits per heavy atom. The first-order valence-electron chi connectivity index (χ1n) is 4.99. The van der Waals surface area contributed by atoms with Crippen LogP contribution >= 0.6 is 34.8 Å². The molecule has 0 saturated heterocycles. The quantitative estimate of drug-likeness (QED) is 0.632. The van der Waals surface area contributed by atoms with Crippen LogP contribution in [0, 0.1) is 0 Å². The van der Waals surface area contributed by atoms with Crippen LogP contribution in [0.3, 0.4) is 0 Å². The fraction of sp³-hybridized carbons (Fsp3) is 0.300. The summed E-state index contributed by atoms with van der Waals surface area (Å²) < 4.78 is 27.2. The van der Waals surface area contributed by atoms with Crippen LogP contribution < -0.4 is 4.72 Å². The summed E-state index contributed by atoms with van der Waals surface area (Å²) in [5, 5.41) is 0. The number of ketones is 1. The molecule has 1 N–H and O–H groups in total. The second-order valence-corrected chi connectivity index (χ2v) is 7.39. The summed E-state index contributed by atoms with van der Waals surface area (Å²) >= 11 is 16.0. The summed E-state index contributed by atoms with van der Waals surface area (Å²) in [6.07, 6.45) is 0. The first kappa shape index (κ1) is 16.7. The normalized spacial score (nSPS) is 12.4. The van der Waals surface area contributed by atoms with Gasteiger partial charge in [0.05, 0.1) is 6.54 Å². The molecule has 9 heteroatoms. The third kappa shape index (κ3) is 7.10. The van der Waals surface area contributed by atoms with Crippen LogP contribution in [-0.4, -0.2) is 31.1 Å². The largest absolute Gasteiger partial charge is 0.336 e. The van der Waals surface area contributed by atoms with Crippen molar-refractivity contribution in [2.24, 2.45) is 0 Å². The predicted octanol–water partition coefficient (Wildman–Crippen LogP) is 2.09. The van der Waals surface area contributed by atoms with Gasteiger partial charge in [0, 0.05) is 5.56 Å². The van der Waals surface area contributed by atoms with Crippen LogP contribution in [0.5, 0.6) is 0 Å². The Morgan fingerprint density at radius 3 is 2.32 bits per heavy atom. The van der Waals surface area contributed by atoms with Gasteiger partial charge in [0.1, 0.15) is 6.61 Å². The molecule has 0 bridgehead atoms. The molecule has 0 atom stereocenters. The zero-order valence-electron chi connectivity index (χ0n) is 9.48. The van der Waals surface area contributed by atoms with Crippen LogP contribution in [0.25, 0.3) is 0 Å².